The van der Waals surface area contributed by atoms with Crippen LogP contribution in [0.4, 0.5) is 0 Å². The quantitative estimate of drug-likeness (QED) is 0.641. The summed E-state index contributed by atoms with van der Waals surface area (Å²) in [7, 11) is 0. The number of hydrogen-bond donors (Lipinski definition) is 0. The first-order valence-electron chi connectivity index (χ1n) is 6.73. The predicted octanol–water partition coefficient (Wildman–Crippen LogP) is 5.34. The van der Waals surface area contributed by atoms with Gasteiger partial charge in [-0.25, -0.2) is 0 Å². The van der Waals surface area contributed by atoms with Gasteiger partial charge in [0.2, 0.25) is 0 Å². The highest BCUT2D eigenvalue weighted by atomic mass is 14.0. The summed E-state index contributed by atoms with van der Waals surface area (Å²) in [5.74, 6) is 0. The molecule has 0 aliphatic carbocycles. The van der Waals surface area contributed by atoms with Crippen LogP contribution in [0.25, 0.3) is 11.1 Å². The van der Waals surface area contributed by atoms with Crippen LogP contribution < -0.4 is 0 Å². The molecule has 0 saturated heterocycles. The third-order valence-electron chi connectivity index (χ3n) is 3.13. The van der Waals surface area contributed by atoms with Crippen LogP contribution in [0.5, 0.6) is 0 Å². The van der Waals surface area contributed by atoms with E-state index in [1.54, 1.807) is 0 Å². The van der Waals surface area contributed by atoms with Crippen molar-refractivity contribution in [3.8, 4) is 11.1 Å². The van der Waals surface area contributed by atoms with Crippen molar-refractivity contribution in [3.05, 3.63) is 84.0 Å². The van der Waals surface area contributed by atoms with E-state index in [0.29, 0.717) is 0 Å². The van der Waals surface area contributed by atoms with Crippen molar-refractivity contribution in [2.75, 3.05) is 0 Å². The zero-order chi connectivity index (χ0) is 13.5. The van der Waals surface area contributed by atoms with Crippen LogP contribution in [0.2, 0.25) is 0 Å². The van der Waals surface area contributed by atoms with Crippen molar-refractivity contribution in [2.45, 2.75) is 20.3 Å². The first kappa shape index (κ1) is 13.4. The van der Waals surface area contributed by atoms with E-state index in [2.05, 4.69) is 73.7 Å². The highest BCUT2D eigenvalue weighted by Gasteiger charge is 1.97. The maximum absolute atomic E-state index is 2.20. The Morgan fingerprint density at radius 2 is 1.37 bits per heavy atom. The van der Waals surface area contributed by atoms with Crippen molar-refractivity contribution < 1.29 is 0 Å². The lowest BCUT2D eigenvalue weighted by atomic mass is 10.0. The Morgan fingerprint density at radius 3 is 1.95 bits per heavy atom. The van der Waals surface area contributed by atoms with E-state index in [4.69, 9.17) is 0 Å². The summed E-state index contributed by atoms with van der Waals surface area (Å²) in [5.41, 5.74) is 5.20. The van der Waals surface area contributed by atoms with Gasteiger partial charge in [0.05, 0.1) is 0 Å². The Labute approximate surface area is 116 Å². The number of aryl methyl sites for hydroxylation is 1. The molecule has 19 heavy (non-hydrogen) atoms. The lowest BCUT2D eigenvalue weighted by molar-refractivity contribution is 1.27. The minimum Gasteiger partial charge on any atom is -0.0877 e. The zero-order valence-electron chi connectivity index (χ0n) is 11.6. The molecule has 0 bridgehead atoms. The van der Waals surface area contributed by atoms with Crippen molar-refractivity contribution in [1.29, 1.82) is 0 Å². The molecular formula is C19H20. The number of rotatable bonds is 4. The topological polar surface area (TPSA) is 0 Å². The normalized spacial score (nSPS) is 11.5. The van der Waals surface area contributed by atoms with E-state index >= 15 is 0 Å². The van der Waals surface area contributed by atoms with E-state index in [1.807, 2.05) is 13.0 Å². The van der Waals surface area contributed by atoms with Crippen molar-refractivity contribution in [2.24, 2.45) is 0 Å². The van der Waals surface area contributed by atoms with Crippen LogP contribution in [0, 0.1) is 6.92 Å². The zero-order valence-corrected chi connectivity index (χ0v) is 11.6. The summed E-state index contributed by atoms with van der Waals surface area (Å²) >= 11 is 0. The maximum Gasteiger partial charge on any atom is -0.00943 e. The third kappa shape index (κ3) is 3.96. The maximum atomic E-state index is 2.20. The average Bonchev–Trinajstić information content (AvgIpc) is 2.45. The predicted molar refractivity (Wildman–Crippen MR) is 84.3 cm³/mol. The second-order valence-electron chi connectivity index (χ2n) is 4.72. The smallest absolute Gasteiger partial charge is 0.00943 e. The van der Waals surface area contributed by atoms with Gasteiger partial charge in [0.1, 0.15) is 0 Å². The molecule has 2 rings (SSSR count). The first-order valence-corrected chi connectivity index (χ1v) is 6.73. The summed E-state index contributed by atoms with van der Waals surface area (Å²) in [6, 6.07) is 17.5. The molecule has 0 N–H and O–H groups in total. The lowest BCUT2D eigenvalue weighted by Crippen LogP contribution is -1.82. The molecule has 0 saturated carbocycles. The standard InChI is InChI=1S/C19H20/c1-3-4-5-6-7-17-10-14-19(15-11-17)18-12-8-16(2)9-13-18/h3-6,8-15H,7H2,1-2H3/b4-3+,6-5+. The van der Waals surface area contributed by atoms with Gasteiger partial charge < -0.3 is 0 Å². The molecule has 0 aliphatic heterocycles. The fourth-order valence-electron chi connectivity index (χ4n) is 1.97. The summed E-state index contributed by atoms with van der Waals surface area (Å²) < 4.78 is 0. The molecule has 0 fully saturated rings. The molecule has 2 aromatic carbocycles. The van der Waals surface area contributed by atoms with Gasteiger partial charge >= 0.3 is 0 Å². The molecular weight excluding hydrogens is 228 g/mol. The molecule has 0 aromatic heterocycles. The van der Waals surface area contributed by atoms with Crippen LogP contribution in [-0.4, -0.2) is 0 Å². The van der Waals surface area contributed by atoms with Gasteiger partial charge in [-0.15, -0.1) is 0 Å². The molecule has 0 amide bonds. The van der Waals surface area contributed by atoms with Crippen LogP contribution >= 0.6 is 0 Å². The fraction of sp³-hybridized carbons (Fsp3) is 0.158. The molecule has 0 aliphatic rings. The molecule has 2 aromatic rings. The van der Waals surface area contributed by atoms with E-state index < -0.39 is 0 Å². The van der Waals surface area contributed by atoms with E-state index in [9.17, 15) is 0 Å². The second-order valence-corrected chi connectivity index (χ2v) is 4.72. The Hall–Kier alpha value is -2.08. The van der Waals surface area contributed by atoms with Crippen molar-refractivity contribution >= 4 is 0 Å². The second kappa shape index (κ2) is 6.75. The summed E-state index contributed by atoms with van der Waals surface area (Å²) in [6.07, 6.45) is 9.35. The number of allylic oxidation sites excluding steroid dienone is 4. The Morgan fingerprint density at radius 1 is 0.789 bits per heavy atom. The Balaban J connectivity index is 2.08. The van der Waals surface area contributed by atoms with Gasteiger partial charge in [-0.05, 0) is 37.0 Å². The molecule has 0 nitrogen and oxygen atoms in total. The molecule has 0 atom stereocenters. The molecule has 0 heteroatoms. The minimum absolute atomic E-state index is 0.985. The highest BCUT2D eigenvalue weighted by Crippen LogP contribution is 2.20. The van der Waals surface area contributed by atoms with Gasteiger partial charge in [0.15, 0.2) is 0 Å². The monoisotopic (exact) mass is 248 g/mol. The van der Waals surface area contributed by atoms with Crippen LogP contribution in [0.15, 0.2) is 72.8 Å². The first-order chi connectivity index (χ1) is 9.29. The van der Waals surface area contributed by atoms with Gasteiger partial charge in [0, 0.05) is 0 Å². The van der Waals surface area contributed by atoms with Crippen LogP contribution in [0.3, 0.4) is 0 Å². The largest absolute Gasteiger partial charge is 0.0877 e. The number of benzene rings is 2. The van der Waals surface area contributed by atoms with E-state index in [0.717, 1.165) is 6.42 Å². The molecule has 0 heterocycles. The fourth-order valence-corrected chi connectivity index (χ4v) is 1.97. The molecule has 96 valence electrons. The van der Waals surface area contributed by atoms with Crippen LogP contribution in [-0.2, 0) is 6.42 Å². The Kier molecular flexibility index (Phi) is 4.74. The van der Waals surface area contributed by atoms with E-state index in [-0.39, 0.29) is 0 Å². The van der Waals surface area contributed by atoms with E-state index in [1.165, 1.54) is 22.3 Å². The molecule has 0 radical (unpaired) electrons. The third-order valence-corrected chi connectivity index (χ3v) is 3.13. The Bertz CT molecular complexity index is 554. The van der Waals surface area contributed by atoms with Gasteiger partial charge in [-0.1, -0.05) is 78.4 Å². The van der Waals surface area contributed by atoms with Crippen molar-refractivity contribution in [3.63, 3.8) is 0 Å². The highest BCUT2D eigenvalue weighted by molar-refractivity contribution is 5.63. The molecule has 0 spiro atoms. The number of hydrogen-bond acceptors (Lipinski definition) is 0. The summed E-state index contributed by atoms with van der Waals surface area (Å²) in [4.78, 5) is 0. The summed E-state index contributed by atoms with van der Waals surface area (Å²) in [5, 5.41) is 0. The van der Waals surface area contributed by atoms with Gasteiger partial charge in [-0.2, -0.15) is 0 Å². The van der Waals surface area contributed by atoms with Gasteiger partial charge in [0.25, 0.3) is 0 Å². The van der Waals surface area contributed by atoms with Crippen LogP contribution in [0.1, 0.15) is 18.1 Å². The lowest BCUT2D eigenvalue weighted by Gasteiger charge is -2.03. The summed E-state index contributed by atoms with van der Waals surface area (Å²) in [6.45, 7) is 4.14. The minimum atomic E-state index is 0.985. The van der Waals surface area contributed by atoms with Gasteiger partial charge in [-0.3, -0.25) is 0 Å². The SMILES string of the molecule is C/C=C/C=C/Cc1ccc(-c2ccc(C)cc2)cc1. The molecule has 0 unspecified atom stereocenters. The average molecular weight is 248 g/mol. The van der Waals surface area contributed by atoms with Crippen molar-refractivity contribution in [1.82, 2.24) is 0 Å².